The molecule has 3 heterocycles. The zero-order valence-corrected chi connectivity index (χ0v) is 21.0. The molecule has 3 aromatic rings. The van der Waals surface area contributed by atoms with E-state index < -0.39 is 0 Å². The molecule has 10 nitrogen and oxygen atoms in total. The van der Waals surface area contributed by atoms with Crippen LogP contribution in [-0.2, 0) is 9.53 Å². The number of fused-ring (bicyclic) bond motifs is 3. The van der Waals surface area contributed by atoms with Gasteiger partial charge < -0.3 is 30.4 Å². The molecule has 0 unspecified atom stereocenters. The maximum atomic E-state index is 13.0. The van der Waals surface area contributed by atoms with Gasteiger partial charge in [0.15, 0.2) is 5.65 Å². The molecule has 2 aromatic heterocycles. The summed E-state index contributed by atoms with van der Waals surface area (Å²) >= 11 is 6.57. The number of hydrogen-bond acceptors (Lipinski definition) is 7. The van der Waals surface area contributed by atoms with E-state index in [1.54, 1.807) is 30.3 Å². The Balaban J connectivity index is 1.34. The van der Waals surface area contributed by atoms with E-state index in [4.69, 9.17) is 26.8 Å². The van der Waals surface area contributed by atoms with Crippen LogP contribution in [0.5, 0.6) is 5.75 Å². The number of aromatic nitrogens is 3. The van der Waals surface area contributed by atoms with Crippen LogP contribution in [0.2, 0.25) is 5.02 Å². The van der Waals surface area contributed by atoms with Crippen molar-refractivity contribution in [3.63, 3.8) is 0 Å². The number of nitrogens with one attached hydrogen (secondary N) is 2. The third-order valence-corrected chi connectivity index (χ3v) is 7.86. The second-order valence-electron chi connectivity index (χ2n) is 9.63. The molecule has 2 aliphatic carbocycles. The summed E-state index contributed by atoms with van der Waals surface area (Å²) in [5.74, 6) is 0.657. The number of imidazole rings is 1. The van der Waals surface area contributed by atoms with Crippen molar-refractivity contribution < 1.29 is 19.1 Å². The highest BCUT2D eigenvalue weighted by molar-refractivity contribution is 6.34. The first-order valence-electron chi connectivity index (χ1n) is 12.3. The van der Waals surface area contributed by atoms with Gasteiger partial charge in [-0.05, 0) is 36.5 Å². The molecule has 6 rings (SSSR count). The van der Waals surface area contributed by atoms with Crippen molar-refractivity contribution in [2.45, 2.75) is 12.5 Å². The first-order valence-corrected chi connectivity index (χ1v) is 12.7. The number of hydrogen-bond donors (Lipinski definition) is 3. The number of nitrogens with two attached hydrogens (primary N) is 1. The van der Waals surface area contributed by atoms with Crippen molar-refractivity contribution in [3.8, 4) is 17.1 Å². The molecule has 4 atom stereocenters. The van der Waals surface area contributed by atoms with Crippen LogP contribution in [0.4, 0.5) is 5.69 Å². The lowest BCUT2D eigenvalue weighted by Gasteiger charge is -2.28. The van der Waals surface area contributed by atoms with Gasteiger partial charge in [-0.15, -0.1) is 0 Å². The summed E-state index contributed by atoms with van der Waals surface area (Å²) in [4.78, 5) is 39.3. The van der Waals surface area contributed by atoms with Gasteiger partial charge in [0.1, 0.15) is 17.1 Å². The number of methoxy groups -OCH3 is 1. The normalized spacial score (nSPS) is 24.5. The van der Waals surface area contributed by atoms with Crippen molar-refractivity contribution in [2.75, 3.05) is 38.7 Å². The van der Waals surface area contributed by atoms with Crippen molar-refractivity contribution in [3.05, 3.63) is 47.1 Å². The number of amides is 2. The molecule has 0 radical (unpaired) electrons. The van der Waals surface area contributed by atoms with E-state index in [1.807, 2.05) is 6.07 Å². The second kappa shape index (κ2) is 9.35. The monoisotopic (exact) mass is 522 g/mol. The Morgan fingerprint density at radius 3 is 2.78 bits per heavy atom. The molecular weight excluding hydrogens is 496 g/mol. The number of morpholine rings is 1. The lowest BCUT2D eigenvalue weighted by atomic mass is 9.88. The molecule has 2 amide bonds. The van der Waals surface area contributed by atoms with E-state index in [9.17, 15) is 9.59 Å². The zero-order valence-electron chi connectivity index (χ0n) is 20.2. The predicted molar refractivity (Wildman–Crippen MR) is 138 cm³/mol. The SMILES string of the molecule is COc1cc(C(=O)N2CCOCC2)ccc1-c1nc2ncc(Cl)c(N[C@H]3[C@@H](C(N)=O)[C@@H]4C=C[C@H]3C4)c2[nH]1. The number of nitrogens with zero attached hydrogens (tertiary/aromatic N) is 3. The summed E-state index contributed by atoms with van der Waals surface area (Å²) in [7, 11) is 1.55. The van der Waals surface area contributed by atoms with Gasteiger partial charge in [-0.2, -0.15) is 0 Å². The van der Waals surface area contributed by atoms with E-state index in [-0.39, 0.29) is 35.6 Å². The number of halogens is 1. The van der Waals surface area contributed by atoms with Gasteiger partial charge in [-0.25, -0.2) is 9.97 Å². The van der Waals surface area contributed by atoms with Crippen LogP contribution in [-0.4, -0.2) is 71.1 Å². The highest BCUT2D eigenvalue weighted by Crippen LogP contribution is 2.46. The molecule has 192 valence electrons. The van der Waals surface area contributed by atoms with E-state index in [0.717, 1.165) is 6.42 Å². The van der Waals surface area contributed by atoms with E-state index in [1.165, 1.54) is 0 Å². The third-order valence-electron chi connectivity index (χ3n) is 7.57. The van der Waals surface area contributed by atoms with Gasteiger partial charge in [-0.3, -0.25) is 9.59 Å². The molecule has 11 heteroatoms. The quantitative estimate of drug-likeness (QED) is 0.423. The van der Waals surface area contributed by atoms with Crippen molar-refractivity contribution in [2.24, 2.45) is 23.5 Å². The third kappa shape index (κ3) is 4.10. The number of pyridine rings is 1. The molecule has 2 fully saturated rings. The molecule has 1 saturated carbocycles. The molecule has 1 aliphatic heterocycles. The lowest BCUT2D eigenvalue weighted by molar-refractivity contribution is -0.122. The van der Waals surface area contributed by atoms with Crippen LogP contribution in [0.25, 0.3) is 22.6 Å². The summed E-state index contributed by atoms with van der Waals surface area (Å²) < 4.78 is 11.0. The number of ether oxygens (including phenoxy) is 2. The molecule has 0 spiro atoms. The predicted octanol–water partition coefficient (Wildman–Crippen LogP) is 2.85. The van der Waals surface area contributed by atoms with Crippen LogP contribution in [0.15, 0.2) is 36.5 Å². The zero-order chi connectivity index (χ0) is 25.7. The number of H-pyrrole nitrogens is 1. The fourth-order valence-electron chi connectivity index (χ4n) is 5.74. The number of aromatic amines is 1. The summed E-state index contributed by atoms with van der Waals surface area (Å²) in [5, 5.41) is 3.89. The minimum absolute atomic E-state index is 0.0680. The molecule has 3 aliphatic rings. The average molecular weight is 523 g/mol. The van der Waals surface area contributed by atoms with Gasteiger partial charge >= 0.3 is 0 Å². The van der Waals surface area contributed by atoms with Crippen LogP contribution in [0.1, 0.15) is 16.8 Å². The minimum Gasteiger partial charge on any atom is -0.496 e. The fraction of sp³-hybridized carbons (Fsp3) is 0.385. The number of allylic oxidation sites excluding steroid dienone is 1. The summed E-state index contributed by atoms with van der Waals surface area (Å²) in [6.07, 6.45) is 6.64. The number of carbonyl (C=O) groups excluding carboxylic acids is 2. The standard InChI is InChI=1S/C26H27ClN6O4/c1-36-18-11-15(26(35)33-6-8-37-9-7-33)4-5-16(18)24-31-22-21(17(27)12-29-25(22)32-24)30-20-14-3-2-13(10-14)19(20)23(28)34/h2-5,11-14,19-20H,6-10H2,1H3,(H2,28,34)(H2,29,30,31,32)/t13-,14+,19+,20-/m1/s1. The summed E-state index contributed by atoms with van der Waals surface area (Å²) in [5.41, 5.74) is 8.67. The number of anilines is 1. The number of benzene rings is 1. The topological polar surface area (TPSA) is 135 Å². The first-order chi connectivity index (χ1) is 17.9. The number of rotatable bonds is 6. The number of carbonyl (C=O) groups is 2. The van der Waals surface area contributed by atoms with E-state index in [2.05, 4.69) is 32.4 Å². The van der Waals surface area contributed by atoms with E-state index in [0.29, 0.717) is 70.9 Å². The number of primary amides is 1. The van der Waals surface area contributed by atoms with Crippen LogP contribution in [0, 0.1) is 17.8 Å². The Morgan fingerprint density at radius 2 is 2.03 bits per heavy atom. The Labute approximate surface area is 218 Å². The Kier molecular flexibility index (Phi) is 6.00. The smallest absolute Gasteiger partial charge is 0.254 e. The minimum atomic E-state index is -0.322. The molecule has 2 bridgehead atoms. The van der Waals surface area contributed by atoms with Crippen LogP contribution >= 0.6 is 11.6 Å². The Bertz CT molecular complexity index is 1420. The highest BCUT2D eigenvalue weighted by Gasteiger charge is 2.47. The first kappa shape index (κ1) is 23.7. The van der Waals surface area contributed by atoms with Crippen LogP contribution < -0.4 is 15.8 Å². The van der Waals surface area contributed by atoms with Gasteiger partial charge in [0, 0.05) is 24.7 Å². The second-order valence-corrected chi connectivity index (χ2v) is 10.0. The maximum absolute atomic E-state index is 13.0. The summed E-state index contributed by atoms with van der Waals surface area (Å²) in [6, 6.07) is 5.13. The van der Waals surface area contributed by atoms with Gasteiger partial charge in [0.05, 0.1) is 48.7 Å². The van der Waals surface area contributed by atoms with Crippen molar-refractivity contribution in [1.29, 1.82) is 0 Å². The average Bonchev–Trinajstić information content (AvgIpc) is 3.65. The van der Waals surface area contributed by atoms with Gasteiger partial charge in [-0.1, -0.05) is 23.8 Å². The molecule has 1 aromatic carbocycles. The maximum Gasteiger partial charge on any atom is 0.254 e. The molecule has 4 N–H and O–H groups in total. The lowest BCUT2D eigenvalue weighted by Crippen LogP contribution is -2.41. The van der Waals surface area contributed by atoms with E-state index >= 15 is 0 Å². The van der Waals surface area contributed by atoms with Crippen molar-refractivity contribution in [1.82, 2.24) is 19.9 Å². The highest BCUT2D eigenvalue weighted by atomic mass is 35.5. The largest absolute Gasteiger partial charge is 0.496 e. The molecule has 37 heavy (non-hydrogen) atoms. The Hall–Kier alpha value is -3.63. The summed E-state index contributed by atoms with van der Waals surface area (Å²) in [6.45, 7) is 2.18. The van der Waals surface area contributed by atoms with Gasteiger partial charge in [0.25, 0.3) is 5.91 Å². The van der Waals surface area contributed by atoms with Gasteiger partial charge in [0.2, 0.25) is 5.91 Å². The van der Waals surface area contributed by atoms with Crippen molar-refractivity contribution >= 4 is 40.3 Å². The molecular formula is C26H27ClN6O4. The molecule has 1 saturated heterocycles. The van der Waals surface area contributed by atoms with Crippen LogP contribution in [0.3, 0.4) is 0 Å². The fourth-order valence-corrected chi connectivity index (χ4v) is 5.94. The Morgan fingerprint density at radius 1 is 1.24 bits per heavy atom.